The number of nitrogens with zero attached hydrogens (tertiary/aromatic N) is 1. The lowest BCUT2D eigenvalue weighted by Gasteiger charge is -2.18. The molecule has 0 amide bonds. The average Bonchev–Trinajstić information content (AvgIpc) is 2.76. The van der Waals surface area contributed by atoms with E-state index >= 15 is 0 Å². The van der Waals surface area contributed by atoms with Crippen LogP contribution in [0.5, 0.6) is 0 Å². The highest BCUT2D eigenvalue weighted by Gasteiger charge is 2.11. The molecule has 1 heterocycles. The van der Waals surface area contributed by atoms with Crippen molar-refractivity contribution in [3.05, 3.63) is 51.7 Å². The van der Waals surface area contributed by atoms with Crippen LogP contribution >= 0.6 is 11.3 Å². The zero-order valence-corrected chi connectivity index (χ0v) is 11.8. The summed E-state index contributed by atoms with van der Waals surface area (Å²) in [5, 5.41) is 0. The number of aryl methyl sites for hydroxylation is 2. The zero-order chi connectivity index (χ0) is 13.1. The molecule has 0 radical (unpaired) electrons. The summed E-state index contributed by atoms with van der Waals surface area (Å²) in [7, 11) is 1.95. The van der Waals surface area contributed by atoms with Crippen molar-refractivity contribution in [2.24, 2.45) is 0 Å². The van der Waals surface area contributed by atoms with Crippen LogP contribution < -0.4 is 4.90 Å². The molecule has 94 valence electrons. The molecular formula is C15H17NOS. The van der Waals surface area contributed by atoms with Crippen LogP contribution in [0.3, 0.4) is 0 Å². The van der Waals surface area contributed by atoms with Crippen LogP contribution in [0.2, 0.25) is 0 Å². The molecule has 0 saturated heterocycles. The lowest BCUT2D eigenvalue weighted by atomic mass is 10.2. The van der Waals surface area contributed by atoms with Crippen molar-refractivity contribution >= 4 is 22.8 Å². The van der Waals surface area contributed by atoms with Crippen molar-refractivity contribution in [1.29, 1.82) is 0 Å². The molecule has 0 bridgehead atoms. The van der Waals surface area contributed by atoms with Crippen molar-refractivity contribution < 1.29 is 4.79 Å². The molecule has 0 aliphatic heterocycles. The lowest BCUT2D eigenvalue weighted by molar-refractivity contribution is 0.100. The van der Waals surface area contributed by atoms with Crippen LogP contribution in [0.4, 0.5) is 5.69 Å². The number of Topliss-reactive ketones (excluding diaryl/α,β-unsaturated/α-hetero) is 1. The van der Waals surface area contributed by atoms with Crippen molar-refractivity contribution in [3.8, 4) is 0 Å². The van der Waals surface area contributed by atoms with E-state index in [1.807, 2.05) is 43.1 Å². The summed E-state index contributed by atoms with van der Waals surface area (Å²) in [4.78, 5) is 16.1. The van der Waals surface area contributed by atoms with E-state index in [1.54, 1.807) is 11.3 Å². The number of hydrogen-bond acceptors (Lipinski definition) is 3. The molecule has 0 aliphatic rings. The first kappa shape index (κ1) is 12.8. The number of carbonyl (C=O) groups is 1. The largest absolute Gasteiger partial charge is 0.367 e. The first-order chi connectivity index (χ1) is 8.56. The van der Waals surface area contributed by atoms with Crippen LogP contribution in [-0.2, 0) is 0 Å². The Morgan fingerprint density at radius 1 is 1.22 bits per heavy atom. The van der Waals surface area contributed by atoms with E-state index in [2.05, 4.69) is 19.1 Å². The maximum absolute atomic E-state index is 12.1. The quantitative estimate of drug-likeness (QED) is 0.781. The van der Waals surface area contributed by atoms with Gasteiger partial charge in [-0.15, -0.1) is 11.3 Å². The van der Waals surface area contributed by atoms with Crippen LogP contribution in [0.1, 0.15) is 20.1 Å². The first-order valence-electron chi connectivity index (χ1n) is 5.94. The van der Waals surface area contributed by atoms with Crippen molar-refractivity contribution in [2.75, 3.05) is 18.5 Å². The van der Waals surface area contributed by atoms with Gasteiger partial charge < -0.3 is 4.90 Å². The molecule has 0 fully saturated rings. The van der Waals surface area contributed by atoms with Gasteiger partial charge in [0.05, 0.1) is 11.4 Å². The number of likely N-dealkylation sites (N-methyl/N-ethyl adjacent to an activating group) is 1. The Labute approximate surface area is 112 Å². The molecule has 2 rings (SSSR count). The van der Waals surface area contributed by atoms with E-state index in [4.69, 9.17) is 0 Å². The average molecular weight is 259 g/mol. The third kappa shape index (κ3) is 2.99. The number of thiophene rings is 1. The number of ketones is 1. The molecule has 2 aromatic rings. The molecule has 0 saturated carbocycles. The van der Waals surface area contributed by atoms with Gasteiger partial charge in [0.25, 0.3) is 0 Å². The summed E-state index contributed by atoms with van der Waals surface area (Å²) in [5.74, 6) is 0.178. The highest BCUT2D eigenvalue weighted by Crippen LogP contribution is 2.18. The predicted octanol–water partition coefficient (Wildman–Crippen LogP) is 3.68. The fourth-order valence-corrected chi connectivity index (χ4v) is 2.63. The van der Waals surface area contributed by atoms with Gasteiger partial charge >= 0.3 is 0 Å². The number of hydrogen-bond donors (Lipinski definition) is 0. The van der Waals surface area contributed by atoms with E-state index in [9.17, 15) is 4.79 Å². The molecular weight excluding hydrogens is 242 g/mol. The topological polar surface area (TPSA) is 20.3 Å². The van der Waals surface area contributed by atoms with Crippen LogP contribution in [0.25, 0.3) is 0 Å². The van der Waals surface area contributed by atoms with Crippen LogP contribution in [-0.4, -0.2) is 19.4 Å². The Morgan fingerprint density at radius 3 is 2.61 bits per heavy atom. The second-order valence-corrected chi connectivity index (χ2v) is 5.82. The second kappa shape index (κ2) is 5.36. The lowest BCUT2D eigenvalue weighted by Crippen LogP contribution is -2.25. The zero-order valence-electron chi connectivity index (χ0n) is 10.9. The van der Waals surface area contributed by atoms with Crippen LogP contribution in [0, 0.1) is 13.8 Å². The molecule has 0 atom stereocenters. The molecule has 3 heteroatoms. The van der Waals surface area contributed by atoms with E-state index in [1.165, 1.54) is 10.4 Å². The Hall–Kier alpha value is -1.61. The molecule has 0 spiro atoms. The van der Waals surface area contributed by atoms with Crippen molar-refractivity contribution in [2.45, 2.75) is 13.8 Å². The van der Waals surface area contributed by atoms with Crippen molar-refractivity contribution in [3.63, 3.8) is 0 Å². The molecule has 2 nitrogen and oxygen atoms in total. The molecule has 18 heavy (non-hydrogen) atoms. The summed E-state index contributed by atoms with van der Waals surface area (Å²) in [5.41, 5.74) is 2.29. The van der Waals surface area contributed by atoms with Gasteiger partial charge in [-0.05, 0) is 43.7 Å². The van der Waals surface area contributed by atoms with Gasteiger partial charge in [0.2, 0.25) is 0 Å². The minimum absolute atomic E-state index is 0.178. The Balaban J connectivity index is 2.07. The van der Waals surface area contributed by atoms with Gasteiger partial charge in [0, 0.05) is 17.6 Å². The summed E-state index contributed by atoms with van der Waals surface area (Å²) >= 11 is 1.56. The highest BCUT2D eigenvalue weighted by molar-refractivity contribution is 7.14. The Bertz CT molecular complexity index is 559. The molecule has 0 aliphatic carbocycles. The first-order valence-corrected chi connectivity index (χ1v) is 6.75. The standard InChI is InChI=1S/C15H17NOS/c1-11-5-4-6-13(9-11)16(3)10-14(17)15-8-7-12(2)18-15/h4-9H,10H2,1-3H3. The molecule has 0 N–H and O–H groups in total. The summed E-state index contributed by atoms with van der Waals surface area (Å²) < 4.78 is 0. The summed E-state index contributed by atoms with van der Waals surface area (Å²) in [6.45, 7) is 4.50. The number of anilines is 1. The van der Waals surface area contributed by atoms with E-state index in [0.717, 1.165) is 10.6 Å². The Kier molecular flexibility index (Phi) is 3.82. The normalized spacial score (nSPS) is 10.4. The maximum Gasteiger partial charge on any atom is 0.191 e. The fourth-order valence-electron chi connectivity index (χ4n) is 1.83. The van der Waals surface area contributed by atoms with Crippen LogP contribution in [0.15, 0.2) is 36.4 Å². The molecule has 1 aromatic heterocycles. The van der Waals surface area contributed by atoms with Gasteiger partial charge in [0.1, 0.15) is 0 Å². The monoisotopic (exact) mass is 259 g/mol. The third-order valence-electron chi connectivity index (χ3n) is 2.84. The van der Waals surface area contributed by atoms with Gasteiger partial charge in [-0.3, -0.25) is 4.79 Å². The number of rotatable bonds is 4. The van der Waals surface area contributed by atoms with E-state index in [0.29, 0.717) is 6.54 Å². The van der Waals surface area contributed by atoms with E-state index < -0.39 is 0 Å². The fraction of sp³-hybridized carbons (Fsp3) is 0.267. The van der Waals surface area contributed by atoms with Gasteiger partial charge in [-0.2, -0.15) is 0 Å². The summed E-state index contributed by atoms with van der Waals surface area (Å²) in [6.07, 6.45) is 0. The number of carbonyl (C=O) groups excluding carboxylic acids is 1. The van der Waals surface area contributed by atoms with Gasteiger partial charge in [-0.1, -0.05) is 12.1 Å². The summed E-state index contributed by atoms with van der Waals surface area (Å²) in [6, 6.07) is 12.1. The smallest absolute Gasteiger partial charge is 0.191 e. The second-order valence-electron chi connectivity index (χ2n) is 4.53. The SMILES string of the molecule is Cc1cccc(N(C)CC(=O)c2ccc(C)s2)c1. The van der Waals surface area contributed by atoms with Gasteiger partial charge in [-0.25, -0.2) is 0 Å². The third-order valence-corrected chi connectivity index (χ3v) is 3.88. The van der Waals surface area contributed by atoms with Gasteiger partial charge in [0.15, 0.2) is 5.78 Å². The minimum atomic E-state index is 0.178. The Morgan fingerprint density at radius 2 is 2.00 bits per heavy atom. The molecule has 0 unspecified atom stereocenters. The minimum Gasteiger partial charge on any atom is -0.367 e. The van der Waals surface area contributed by atoms with E-state index in [-0.39, 0.29) is 5.78 Å². The molecule has 1 aromatic carbocycles. The predicted molar refractivity (Wildman–Crippen MR) is 77.8 cm³/mol. The van der Waals surface area contributed by atoms with Crippen molar-refractivity contribution in [1.82, 2.24) is 0 Å². The highest BCUT2D eigenvalue weighted by atomic mass is 32.1. The number of benzene rings is 1. The maximum atomic E-state index is 12.1.